The van der Waals surface area contributed by atoms with Gasteiger partial charge in [-0.1, -0.05) is 12.8 Å². The Labute approximate surface area is 140 Å². The molecular weight excluding hydrogens is 365 g/mol. The lowest BCUT2D eigenvalue weighted by molar-refractivity contribution is 0.0609. The number of rotatable bonds is 8. The summed E-state index contributed by atoms with van der Waals surface area (Å²) < 4.78 is 5.48. The van der Waals surface area contributed by atoms with Crippen LogP contribution in [0.25, 0.3) is 0 Å². The lowest BCUT2D eigenvalue weighted by atomic mass is 9.67. The molecule has 4 nitrogen and oxygen atoms in total. The molecule has 0 atom stereocenters. The maximum Gasteiger partial charge on any atom is 0.188 e. The van der Waals surface area contributed by atoms with E-state index >= 15 is 0 Å². The average Bonchev–Trinajstić information content (AvgIpc) is 2.29. The fourth-order valence-electron chi connectivity index (χ4n) is 2.85. The number of hydrogen-bond acceptors (Lipinski definition) is 2. The molecule has 2 rings (SSSR count). The van der Waals surface area contributed by atoms with E-state index in [4.69, 9.17) is 10.5 Å². The minimum absolute atomic E-state index is 0. The van der Waals surface area contributed by atoms with Gasteiger partial charge in [-0.15, -0.1) is 24.0 Å². The van der Waals surface area contributed by atoms with Crippen LogP contribution in [0.1, 0.15) is 51.9 Å². The monoisotopic (exact) mass is 395 g/mol. The highest BCUT2D eigenvalue weighted by atomic mass is 127. The molecule has 0 aliphatic heterocycles. The van der Waals surface area contributed by atoms with E-state index in [0.29, 0.717) is 11.4 Å². The van der Waals surface area contributed by atoms with E-state index in [0.717, 1.165) is 38.6 Å². The van der Waals surface area contributed by atoms with E-state index < -0.39 is 0 Å². The normalized spacial score (nSPS) is 21.6. The molecule has 0 amide bonds. The smallest absolute Gasteiger partial charge is 0.188 e. The minimum Gasteiger partial charge on any atom is -0.382 e. The van der Waals surface area contributed by atoms with Crippen LogP contribution in [-0.4, -0.2) is 32.3 Å². The van der Waals surface area contributed by atoms with Crippen molar-refractivity contribution in [1.82, 2.24) is 5.32 Å². The maximum atomic E-state index is 5.95. The Morgan fingerprint density at radius 3 is 2.60 bits per heavy atom. The molecule has 118 valence electrons. The van der Waals surface area contributed by atoms with Gasteiger partial charge in [0.1, 0.15) is 0 Å². The van der Waals surface area contributed by atoms with Crippen LogP contribution < -0.4 is 11.1 Å². The first kappa shape index (κ1) is 18.0. The molecule has 2 saturated carbocycles. The van der Waals surface area contributed by atoms with Gasteiger partial charge < -0.3 is 15.8 Å². The number of nitrogens with one attached hydrogen (secondary N) is 1. The van der Waals surface area contributed by atoms with Crippen LogP contribution in [0, 0.1) is 11.3 Å². The lowest BCUT2D eigenvalue weighted by Gasteiger charge is -2.40. The number of halogens is 1. The van der Waals surface area contributed by atoms with Crippen molar-refractivity contribution in [3.8, 4) is 0 Å². The van der Waals surface area contributed by atoms with Gasteiger partial charge in [-0.05, 0) is 50.4 Å². The molecule has 0 bridgehead atoms. The number of guanidine groups is 1. The fraction of sp³-hybridized carbons (Fsp3) is 0.933. The van der Waals surface area contributed by atoms with Gasteiger partial charge in [-0.3, -0.25) is 4.99 Å². The van der Waals surface area contributed by atoms with Crippen molar-refractivity contribution >= 4 is 29.9 Å². The molecule has 0 heterocycles. The third-order valence-electron chi connectivity index (χ3n) is 4.78. The van der Waals surface area contributed by atoms with Gasteiger partial charge in [-0.2, -0.15) is 0 Å². The van der Waals surface area contributed by atoms with E-state index in [9.17, 15) is 0 Å². The summed E-state index contributed by atoms with van der Waals surface area (Å²) in [5.41, 5.74) is 6.32. The molecule has 0 radical (unpaired) electrons. The molecular formula is C15H30IN3O. The van der Waals surface area contributed by atoms with Crippen LogP contribution >= 0.6 is 24.0 Å². The highest BCUT2D eigenvalue weighted by molar-refractivity contribution is 14.0. The van der Waals surface area contributed by atoms with Crippen LogP contribution in [0.4, 0.5) is 0 Å². The third kappa shape index (κ3) is 5.39. The average molecular weight is 395 g/mol. The summed E-state index contributed by atoms with van der Waals surface area (Å²) in [4.78, 5) is 4.56. The first-order valence-electron chi connectivity index (χ1n) is 7.86. The molecule has 0 spiro atoms. The quantitative estimate of drug-likeness (QED) is 0.288. The summed E-state index contributed by atoms with van der Waals surface area (Å²) in [5.74, 6) is 1.46. The summed E-state index contributed by atoms with van der Waals surface area (Å²) in [5, 5.41) is 3.27. The van der Waals surface area contributed by atoms with Gasteiger partial charge in [0, 0.05) is 26.3 Å². The lowest BCUT2D eigenvalue weighted by Crippen LogP contribution is -2.40. The van der Waals surface area contributed by atoms with Crippen LogP contribution in [0.15, 0.2) is 4.99 Å². The van der Waals surface area contributed by atoms with E-state index in [1.807, 2.05) is 6.92 Å². The number of aliphatic imine (C=N–C) groups is 1. The first-order valence-corrected chi connectivity index (χ1v) is 7.86. The Kier molecular flexibility index (Phi) is 8.17. The second-order valence-electron chi connectivity index (χ2n) is 6.18. The zero-order chi connectivity index (χ0) is 13.6. The number of nitrogens with zero attached hydrogens (tertiary/aromatic N) is 1. The maximum absolute atomic E-state index is 5.95. The van der Waals surface area contributed by atoms with Crippen LogP contribution in [0.5, 0.6) is 0 Å². The molecule has 0 aromatic heterocycles. The summed E-state index contributed by atoms with van der Waals surface area (Å²) >= 11 is 0. The molecule has 0 aromatic rings. The Morgan fingerprint density at radius 2 is 2.10 bits per heavy atom. The standard InChI is InChI=1S/C15H29N3O.HI/c1-2-19-10-9-15(7-4-8-15)12-18-14(16)17-11-13-5-3-6-13;/h13H,2-12H2,1H3,(H3,16,17,18);1H. The highest BCUT2D eigenvalue weighted by Gasteiger charge is 2.36. The predicted octanol–water partition coefficient (Wildman–Crippen LogP) is 2.91. The molecule has 0 unspecified atom stereocenters. The second-order valence-corrected chi connectivity index (χ2v) is 6.18. The van der Waals surface area contributed by atoms with Gasteiger partial charge in [0.2, 0.25) is 0 Å². The largest absolute Gasteiger partial charge is 0.382 e. The molecule has 5 heteroatoms. The molecule has 20 heavy (non-hydrogen) atoms. The zero-order valence-electron chi connectivity index (χ0n) is 12.7. The number of nitrogens with two attached hydrogens (primary N) is 1. The van der Waals surface area contributed by atoms with E-state index in [1.165, 1.54) is 38.5 Å². The highest BCUT2D eigenvalue weighted by Crippen LogP contribution is 2.44. The Balaban J connectivity index is 0.00000200. The van der Waals surface area contributed by atoms with Crippen LogP contribution in [-0.2, 0) is 4.74 Å². The van der Waals surface area contributed by atoms with Crippen molar-refractivity contribution in [2.24, 2.45) is 22.1 Å². The SMILES string of the molecule is CCOCCC1(CN=C(N)NCC2CCC2)CCC1.I. The molecule has 2 aliphatic carbocycles. The second kappa shape index (κ2) is 9.07. The van der Waals surface area contributed by atoms with Crippen LogP contribution in [0.2, 0.25) is 0 Å². The van der Waals surface area contributed by atoms with Gasteiger partial charge in [0.15, 0.2) is 5.96 Å². The Morgan fingerprint density at radius 1 is 1.35 bits per heavy atom. The van der Waals surface area contributed by atoms with Crippen molar-refractivity contribution in [1.29, 1.82) is 0 Å². The number of hydrogen-bond donors (Lipinski definition) is 2. The molecule has 2 fully saturated rings. The summed E-state index contributed by atoms with van der Waals surface area (Å²) in [6.45, 7) is 5.59. The third-order valence-corrected chi connectivity index (χ3v) is 4.78. The van der Waals surface area contributed by atoms with E-state index in [2.05, 4.69) is 10.3 Å². The van der Waals surface area contributed by atoms with Crippen molar-refractivity contribution in [2.45, 2.75) is 51.9 Å². The topological polar surface area (TPSA) is 59.6 Å². The molecule has 2 aliphatic rings. The van der Waals surface area contributed by atoms with Gasteiger partial charge in [0.25, 0.3) is 0 Å². The number of ether oxygens (including phenoxy) is 1. The molecule has 3 N–H and O–H groups in total. The molecule has 0 aromatic carbocycles. The van der Waals surface area contributed by atoms with Crippen molar-refractivity contribution < 1.29 is 4.74 Å². The van der Waals surface area contributed by atoms with Gasteiger partial charge in [-0.25, -0.2) is 0 Å². The van der Waals surface area contributed by atoms with E-state index in [-0.39, 0.29) is 24.0 Å². The zero-order valence-corrected chi connectivity index (χ0v) is 15.0. The van der Waals surface area contributed by atoms with Gasteiger partial charge >= 0.3 is 0 Å². The van der Waals surface area contributed by atoms with Crippen LogP contribution in [0.3, 0.4) is 0 Å². The molecule has 0 saturated heterocycles. The van der Waals surface area contributed by atoms with Crippen molar-refractivity contribution in [3.63, 3.8) is 0 Å². The van der Waals surface area contributed by atoms with E-state index in [1.54, 1.807) is 0 Å². The summed E-state index contributed by atoms with van der Waals surface area (Å²) in [6, 6.07) is 0. The predicted molar refractivity (Wildman–Crippen MR) is 94.6 cm³/mol. The summed E-state index contributed by atoms with van der Waals surface area (Å²) in [6.07, 6.45) is 9.08. The van der Waals surface area contributed by atoms with Crippen molar-refractivity contribution in [2.75, 3.05) is 26.3 Å². The van der Waals surface area contributed by atoms with Crippen molar-refractivity contribution in [3.05, 3.63) is 0 Å². The van der Waals surface area contributed by atoms with Gasteiger partial charge in [0.05, 0.1) is 0 Å². The fourth-order valence-corrected chi connectivity index (χ4v) is 2.85. The first-order chi connectivity index (χ1) is 9.24. The summed E-state index contributed by atoms with van der Waals surface area (Å²) in [7, 11) is 0. The minimum atomic E-state index is 0. The Hall–Kier alpha value is -0.0400. The Bertz CT molecular complexity index is 301.